The number of pyridine rings is 1. The summed E-state index contributed by atoms with van der Waals surface area (Å²) in [6, 6.07) is 12.1. The van der Waals surface area contributed by atoms with Crippen molar-refractivity contribution in [3.63, 3.8) is 0 Å². The summed E-state index contributed by atoms with van der Waals surface area (Å²) in [7, 11) is 1.53. The second kappa shape index (κ2) is 6.39. The maximum atomic E-state index is 11.5. The molecule has 1 heterocycles. The molecule has 0 saturated heterocycles. The van der Waals surface area contributed by atoms with E-state index in [-0.39, 0.29) is 0 Å². The first-order valence-corrected chi connectivity index (χ1v) is 6.46. The van der Waals surface area contributed by atoms with Crippen LogP contribution in [-0.4, -0.2) is 23.2 Å². The van der Waals surface area contributed by atoms with Crippen LogP contribution in [0.5, 0.6) is 5.88 Å². The van der Waals surface area contributed by atoms with Crippen LogP contribution in [0.1, 0.15) is 17.2 Å². The number of carboxylic acid groups (broad SMARTS) is 1. The molecule has 104 valence electrons. The van der Waals surface area contributed by atoms with Gasteiger partial charge in [0.25, 0.3) is 0 Å². The van der Waals surface area contributed by atoms with Crippen LogP contribution in [0.2, 0.25) is 5.02 Å². The Morgan fingerprint density at radius 1 is 1.30 bits per heavy atom. The third kappa shape index (κ3) is 3.48. The average Bonchev–Trinajstić information content (AvgIpc) is 2.46. The van der Waals surface area contributed by atoms with Crippen LogP contribution in [-0.2, 0) is 11.2 Å². The third-order valence-corrected chi connectivity index (χ3v) is 3.23. The Bertz CT molecular complexity index is 598. The van der Waals surface area contributed by atoms with E-state index in [2.05, 4.69) is 4.98 Å². The maximum absolute atomic E-state index is 11.5. The van der Waals surface area contributed by atoms with Crippen LogP contribution in [0.25, 0.3) is 0 Å². The molecule has 1 aromatic heterocycles. The molecule has 0 aliphatic heterocycles. The lowest BCUT2D eigenvalue weighted by Crippen LogP contribution is -2.15. The SMILES string of the molecule is COc1cccc(CC(C(=O)O)c2ccc(Cl)cc2)n1. The van der Waals surface area contributed by atoms with Gasteiger partial charge in [-0.25, -0.2) is 4.98 Å². The molecule has 0 radical (unpaired) electrons. The quantitative estimate of drug-likeness (QED) is 0.919. The molecule has 2 rings (SSSR count). The predicted octanol–water partition coefficient (Wildman–Crippen LogP) is 3.15. The average molecular weight is 292 g/mol. The molecule has 0 aliphatic carbocycles. The van der Waals surface area contributed by atoms with Crippen molar-refractivity contribution in [2.45, 2.75) is 12.3 Å². The molecule has 5 heteroatoms. The van der Waals surface area contributed by atoms with Gasteiger partial charge >= 0.3 is 5.97 Å². The normalized spacial score (nSPS) is 11.9. The zero-order chi connectivity index (χ0) is 14.5. The molecule has 0 spiro atoms. The molecule has 2 aromatic rings. The molecule has 0 aliphatic rings. The van der Waals surface area contributed by atoms with Crippen molar-refractivity contribution in [2.75, 3.05) is 7.11 Å². The second-order valence-corrected chi connectivity index (χ2v) is 4.75. The number of hydrogen-bond donors (Lipinski definition) is 1. The summed E-state index contributed by atoms with van der Waals surface area (Å²) in [5, 5.41) is 9.97. The number of benzene rings is 1. The summed E-state index contributed by atoms with van der Waals surface area (Å²) in [6.45, 7) is 0. The van der Waals surface area contributed by atoms with Gasteiger partial charge in [-0.2, -0.15) is 0 Å². The van der Waals surface area contributed by atoms with Gasteiger partial charge in [0.15, 0.2) is 0 Å². The predicted molar refractivity (Wildman–Crippen MR) is 76.3 cm³/mol. The summed E-state index contributed by atoms with van der Waals surface area (Å²) in [5.74, 6) is -1.08. The molecule has 1 atom stereocenters. The highest BCUT2D eigenvalue weighted by molar-refractivity contribution is 6.30. The fourth-order valence-electron chi connectivity index (χ4n) is 1.94. The van der Waals surface area contributed by atoms with E-state index in [0.717, 1.165) is 0 Å². The summed E-state index contributed by atoms with van der Waals surface area (Å²) in [6.07, 6.45) is 0.300. The first-order chi connectivity index (χ1) is 9.60. The molecular weight excluding hydrogens is 278 g/mol. The Morgan fingerprint density at radius 3 is 2.60 bits per heavy atom. The van der Waals surface area contributed by atoms with E-state index in [1.807, 2.05) is 0 Å². The minimum atomic E-state index is -0.892. The first-order valence-electron chi connectivity index (χ1n) is 6.08. The fourth-order valence-corrected chi connectivity index (χ4v) is 2.06. The van der Waals surface area contributed by atoms with Crippen LogP contribution < -0.4 is 4.74 Å². The van der Waals surface area contributed by atoms with Crippen molar-refractivity contribution < 1.29 is 14.6 Å². The summed E-state index contributed by atoms with van der Waals surface area (Å²) >= 11 is 5.82. The van der Waals surface area contributed by atoms with Crippen LogP contribution in [0, 0.1) is 0 Å². The Balaban J connectivity index is 2.25. The Morgan fingerprint density at radius 2 is 2.00 bits per heavy atom. The van der Waals surface area contributed by atoms with Crippen molar-refractivity contribution in [2.24, 2.45) is 0 Å². The van der Waals surface area contributed by atoms with Crippen molar-refractivity contribution in [1.82, 2.24) is 4.98 Å². The van der Waals surface area contributed by atoms with E-state index in [9.17, 15) is 9.90 Å². The summed E-state index contributed by atoms with van der Waals surface area (Å²) in [5.41, 5.74) is 1.37. The number of carbonyl (C=O) groups is 1. The van der Waals surface area contributed by atoms with Crippen LogP contribution in [0.3, 0.4) is 0 Å². The smallest absolute Gasteiger partial charge is 0.311 e. The largest absolute Gasteiger partial charge is 0.481 e. The molecule has 4 nitrogen and oxygen atoms in total. The molecule has 1 N–H and O–H groups in total. The van der Waals surface area contributed by atoms with E-state index in [1.165, 1.54) is 7.11 Å². The highest BCUT2D eigenvalue weighted by Crippen LogP contribution is 2.23. The number of rotatable bonds is 5. The van der Waals surface area contributed by atoms with E-state index < -0.39 is 11.9 Å². The minimum Gasteiger partial charge on any atom is -0.481 e. The molecule has 0 amide bonds. The standard InChI is InChI=1S/C15H14ClNO3/c1-20-14-4-2-3-12(17-14)9-13(15(18)19)10-5-7-11(16)8-6-10/h2-8,13H,9H2,1H3,(H,18,19). The zero-order valence-corrected chi connectivity index (χ0v) is 11.7. The zero-order valence-electron chi connectivity index (χ0n) is 10.9. The molecule has 0 saturated carbocycles. The van der Waals surface area contributed by atoms with Gasteiger partial charge < -0.3 is 9.84 Å². The van der Waals surface area contributed by atoms with Crippen molar-refractivity contribution in [3.05, 3.63) is 58.7 Å². The van der Waals surface area contributed by atoms with Crippen molar-refractivity contribution in [3.8, 4) is 5.88 Å². The number of aromatic nitrogens is 1. The minimum absolute atomic E-state index is 0.300. The topological polar surface area (TPSA) is 59.4 Å². The fraction of sp³-hybridized carbons (Fsp3) is 0.200. The lowest BCUT2D eigenvalue weighted by atomic mass is 9.94. The van der Waals surface area contributed by atoms with Crippen LogP contribution in [0.4, 0.5) is 0 Å². The lowest BCUT2D eigenvalue weighted by Gasteiger charge is -2.13. The van der Waals surface area contributed by atoms with Gasteiger partial charge in [0.2, 0.25) is 5.88 Å². The Kier molecular flexibility index (Phi) is 4.58. The van der Waals surface area contributed by atoms with E-state index in [0.29, 0.717) is 28.6 Å². The second-order valence-electron chi connectivity index (χ2n) is 4.32. The van der Waals surface area contributed by atoms with Gasteiger partial charge in [-0.1, -0.05) is 29.8 Å². The molecule has 1 unspecified atom stereocenters. The number of aliphatic carboxylic acids is 1. The highest BCUT2D eigenvalue weighted by Gasteiger charge is 2.21. The molecule has 1 aromatic carbocycles. The number of carboxylic acids is 1. The first kappa shape index (κ1) is 14.3. The van der Waals surface area contributed by atoms with E-state index in [4.69, 9.17) is 16.3 Å². The molecule has 0 bridgehead atoms. The van der Waals surface area contributed by atoms with Gasteiger partial charge in [0, 0.05) is 23.2 Å². The van der Waals surface area contributed by atoms with Gasteiger partial charge in [-0.05, 0) is 23.8 Å². The Hall–Kier alpha value is -2.07. The third-order valence-electron chi connectivity index (χ3n) is 2.97. The Labute approximate surface area is 122 Å². The number of halogens is 1. The number of ether oxygens (including phenoxy) is 1. The molecular formula is C15H14ClNO3. The van der Waals surface area contributed by atoms with Gasteiger partial charge in [-0.3, -0.25) is 4.79 Å². The van der Waals surface area contributed by atoms with Gasteiger partial charge in [0.1, 0.15) is 0 Å². The van der Waals surface area contributed by atoms with Crippen molar-refractivity contribution in [1.29, 1.82) is 0 Å². The van der Waals surface area contributed by atoms with E-state index >= 15 is 0 Å². The van der Waals surface area contributed by atoms with Crippen molar-refractivity contribution >= 4 is 17.6 Å². The summed E-state index contributed by atoms with van der Waals surface area (Å²) in [4.78, 5) is 15.7. The summed E-state index contributed by atoms with van der Waals surface area (Å²) < 4.78 is 5.04. The number of hydrogen-bond acceptors (Lipinski definition) is 3. The highest BCUT2D eigenvalue weighted by atomic mass is 35.5. The molecule has 20 heavy (non-hydrogen) atoms. The van der Waals surface area contributed by atoms with Gasteiger partial charge in [0.05, 0.1) is 13.0 Å². The maximum Gasteiger partial charge on any atom is 0.311 e. The van der Waals surface area contributed by atoms with Crippen LogP contribution >= 0.6 is 11.6 Å². The molecule has 0 fully saturated rings. The lowest BCUT2D eigenvalue weighted by molar-refractivity contribution is -0.138. The monoisotopic (exact) mass is 291 g/mol. The number of nitrogens with zero attached hydrogens (tertiary/aromatic N) is 1. The number of methoxy groups -OCH3 is 1. The van der Waals surface area contributed by atoms with Crippen LogP contribution in [0.15, 0.2) is 42.5 Å². The van der Waals surface area contributed by atoms with Gasteiger partial charge in [-0.15, -0.1) is 0 Å². The van der Waals surface area contributed by atoms with E-state index in [1.54, 1.807) is 42.5 Å².